The minimum absolute atomic E-state index is 0. The molecule has 1 aliphatic rings. The average Bonchev–Trinajstić information content (AvgIpc) is 2.30. The van der Waals surface area contributed by atoms with Crippen molar-refractivity contribution in [3.8, 4) is 0 Å². The Morgan fingerprint density at radius 1 is 1.12 bits per heavy atom. The highest BCUT2D eigenvalue weighted by molar-refractivity contribution is 5.85. The molecular formula is C12H16ClFN2O. The Hall–Kier alpha value is -1.29. The summed E-state index contributed by atoms with van der Waals surface area (Å²) in [4.78, 5) is 15.1. The van der Waals surface area contributed by atoms with Crippen molar-refractivity contribution in [2.45, 2.75) is 6.92 Å². The molecule has 0 radical (unpaired) electrons. The van der Waals surface area contributed by atoms with E-state index in [4.69, 9.17) is 0 Å². The summed E-state index contributed by atoms with van der Waals surface area (Å²) in [5.74, 6) is -0.0927. The molecule has 1 aliphatic heterocycles. The van der Waals surface area contributed by atoms with Crippen LogP contribution in [-0.2, 0) is 4.79 Å². The molecule has 0 atom stereocenters. The first-order chi connectivity index (χ1) is 7.66. The van der Waals surface area contributed by atoms with Gasteiger partial charge >= 0.3 is 0 Å². The van der Waals surface area contributed by atoms with Crippen LogP contribution in [0.4, 0.5) is 10.1 Å². The Morgan fingerprint density at radius 2 is 1.65 bits per heavy atom. The third-order valence-electron chi connectivity index (χ3n) is 2.92. The number of carbonyl (C=O) groups is 1. The number of halogens is 2. The fourth-order valence-corrected chi connectivity index (χ4v) is 1.93. The fourth-order valence-electron chi connectivity index (χ4n) is 1.93. The summed E-state index contributed by atoms with van der Waals surface area (Å²) >= 11 is 0. The summed E-state index contributed by atoms with van der Waals surface area (Å²) in [7, 11) is 0. The van der Waals surface area contributed by atoms with E-state index in [9.17, 15) is 9.18 Å². The maximum absolute atomic E-state index is 12.8. The lowest BCUT2D eigenvalue weighted by atomic mass is 10.2. The molecule has 1 aromatic rings. The van der Waals surface area contributed by atoms with Gasteiger partial charge in [-0.1, -0.05) is 0 Å². The predicted octanol–water partition coefficient (Wildman–Crippen LogP) is 1.92. The molecule has 1 amide bonds. The van der Waals surface area contributed by atoms with Crippen LogP contribution < -0.4 is 4.90 Å². The number of rotatable bonds is 1. The average molecular weight is 259 g/mol. The van der Waals surface area contributed by atoms with Crippen molar-refractivity contribution in [1.29, 1.82) is 0 Å². The van der Waals surface area contributed by atoms with E-state index in [1.807, 2.05) is 4.90 Å². The number of nitrogens with zero attached hydrogens (tertiary/aromatic N) is 2. The first-order valence-corrected chi connectivity index (χ1v) is 5.43. The minimum Gasteiger partial charge on any atom is -0.368 e. The van der Waals surface area contributed by atoms with E-state index in [2.05, 4.69) is 4.90 Å². The van der Waals surface area contributed by atoms with Crippen LogP contribution in [0.5, 0.6) is 0 Å². The molecule has 0 spiro atoms. The van der Waals surface area contributed by atoms with Crippen molar-refractivity contribution in [2.24, 2.45) is 0 Å². The molecule has 0 N–H and O–H groups in total. The minimum atomic E-state index is -0.217. The third kappa shape index (κ3) is 3.33. The molecule has 1 aromatic carbocycles. The quantitative estimate of drug-likeness (QED) is 0.768. The summed E-state index contributed by atoms with van der Waals surface area (Å²) < 4.78 is 12.8. The zero-order valence-electron chi connectivity index (χ0n) is 9.73. The zero-order valence-corrected chi connectivity index (χ0v) is 10.5. The fraction of sp³-hybridized carbons (Fsp3) is 0.417. The number of hydrogen-bond donors (Lipinski definition) is 0. The second-order valence-electron chi connectivity index (χ2n) is 3.97. The monoisotopic (exact) mass is 258 g/mol. The van der Waals surface area contributed by atoms with Gasteiger partial charge < -0.3 is 9.80 Å². The number of carbonyl (C=O) groups excluding carboxylic acids is 1. The standard InChI is InChI=1S/C12H15FN2O.ClH/c1-10(16)14-6-8-15(9-7-14)12-4-2-11(13)3-5-12;/h2-5H,6-9H2,1H3;1H. The highest BCUT2D eigenvalue weighted by Gasteiger charge is 2.18. The van der Waals surface area contributed by atoms with Gasteiger partial charge in [0.25, 0.3) is 0 Å². The van der Waals surface area contributed by atoms with Crippen LogP contribution in [0.1, 0.15) is 6.92 Å². The van der Waals surface area contributed by atoms with E-state index in [-0.39, 0.29) is 24.1 Å². The van der Waals surface area contributed by atoms with Crippen LogP contribution >= 0.6 is 12.4 Å². The number of amides is 1. The van der Waals surface area contributed by atoms with Gasteiger partial charge in [-0.2, -0.15) is 0 Å². The van der Waals surface area contributed by atoms with Gasteiger partial charge in [0.05, 0.1) is 0 Å². The molecule has 0 unspecified atom stereocenters. The maximum atomic E-state index is 12.8. The van der Waals surface area contributed by atoms with Crippen molar-refractivity contribution >= 4 is 24.0 Å². The topological polar surface area (TPSA) is 23.6 Å². The molecule has 1 heterocycles. The van der Waals surface area contributed by atoms with E-state index in [1.54, 1.807) is 19.1 Å². The van der Waals surface area contributed by atoms with Gasteiger partial charge in [-0.15, -0.1) is 12.4 Å². The Morgan fingerprint density at radius 3 is 2.12 bits per heavy atom. The molecule has 0 saturated carbocycles. The van der Waals surface area contributed by atoms with Crippen LogP contribution in [0, 0.1) is 5.82 Å². The van der Waals surface area contributed by atoms with Crippen LogP contribution in [0.2, 0.25) is 0 Å². The highest BCUT2D eigenvalue weighted by Crippen LogP contribution is 2.16. The lowest BCUT2D eigenvalue weighted by Gasteiger charge is -2.35. The smallest absolute Gasteiger partial charge is 0.219 e. The summed E-state index contributed by atoms with van der Waals surface area (Å²) in [6.45, 7) is 4.70. The van der Waals surface area contributed by atoms with E-state index < -0.39 is 0 Å². The molecule has 94 valence electrons. The third-order valence-corrected chi connectivity index (χ3v) is 2.92. The summed E-state index contributed by atoms with van der Waals surface area (Å²) in [5, 5.41) is 0. The molecule has 2 rings (SSSR count). The second-order valence-corrected chi connectivity index (χ2v) is 3.97. The first-order valence-electron chi connectivity index (χ1n) is 5.43. The Bertz CT molecular complexity index is 375. The number of anilines is 1. The zero-order chi connectivity index (χ0) is 11.5. The van der Waals surface area contributed by atoms with Crippen molar-refractivity contribution in [3.63, 3.8) is 0 Å². The van der Waals surface area contributed by atoms with Crippen LogP contribution in [0.25, 0.3) is 0 Å². The van der Waals surface area contributed by atoms with Gasteiger partial charge in [0.1, 0.15) is 5.82 Å². The molecule has 0 aromatic heterocycles. The van der Waals surface area contributed by atoms with Gasteiger partial charge in [0, 0.05) is 38.8 Å². The van der Waals surface area contributed by atoms with Gasteiger partial charge in [-0.05, 0) is 24.3 Å². The SMILES string of the molecule is CC(=O)N1CCN(c2ccc(F)cc2)CC1.Cl. The molecule has 1 saturated heterocycles. The van der Waals surface area contributed by atoms with E-state index in [0.29, 0.717) is 0 Å². The van der Waals surface area contributed by atoms with Crippen LogP contribution in [0.3, 0.4) is 0 Å². The molecule has 5 heteroatoms. The maximum Gasteiger partial charge on any atom is 0.219 e. The van der Waals surface area contributed by atoms with Crippen molar-refractivity contribution in [2.75, 3.05) is 31.1 Å². The van der Waals surface area contributed by atoms with Gasteiger partial charge in [-0.25, -0.2) is 4.39 Å². The Labute approximate surface area is 107 Å². The lowest BCUT2D eigenvalue weighted by molar-refractivity contribution is -0.129. The summed E-state index contributed by atoms with van der Waals surface area (Å²) in [5.41, 5.74) is 1.02. The normalized spacial score (nSPS) is 15.4. The number of piperazine rings is 1. The first kappa shape index (κ1) is 13.8. The van der Waals surface area contributed by atoms with E-state index in [1.165, 1.54) is 12.1 Å². The number of benzene rings is 1. The van der Waals surface area contributed by atoms with Crippen LogP contribution in [0.15, 0.2) is 24.3 Å². The molecule has 3 nitrogen and oxygen atoms in total. The van der Waals surface area contributed by atoms with E-state index >= 15 is 0 Å². The van der Waals surface area contributed by atoms with Crippen molar-refractivity contribution < 1.29 is 9.18 Å². The molecule has 0 aliphatic carbocycles. The molecule has 17 heavy (non-hydrogen) atoms. The highest BCUT2D eigenvalue weighted by atomic mass is 35.5. The second kappa shape index (κ2) is 5.87. The van der Waals surface area contributed by atoms with Crippen LogP contribution in [-0.4, -0.2) is 37.0 Å². The molecular weight excluding hydrogens is 243 g/mol. The van der Waals surface area contributed by atoms with Gasteiger partial charge in [0.2, 0.25) is 5.91 Å². The molecule has 0 bridgehead atoms. The Kier molecular flexibility index (Phi) is 4.75. The van der Waals surface area contributed by atoms with E-state index in [0.717, 1.165) is 31.9 Å². The van der Waals surface area contributed by atoms with Crippen molar-refractivity contribution in [1.82, 2.24) is 4.90 Å². The Balaban J connectivity index is 0.00000144. The molecule has 1 fully saturated rings. The summed E-state index contributed by atoms with van der Waals surface area (Å²) in [6.07, 6.45) is 0. The van der Waals surface area contributed by atoms with Gasteiger partial charge in [0.15, 0.2) is 0 Å². The lowest BCUT2D eigenvalue weighted by Crippen LogP contribution is -2.48. The predicted molar refractivity (Wildman–Crippen MR) is 68.1 cm³/mol. The van der Waals surface area contributed by atoms with Gasteiger partial charge in [-0.3, -0.25) is 4.79 Å². The largest absolute Gasteiger partial charge is 0.368 e. The number of hydrogen-bond acceptors (Lipinski definition) is 2. The summed E-state index contributed by atoms with van der Waals surface area (Å²) in [6, 6.07) is 6.48. The van der Waals surface area contributed by atoms with Crippen molar-refractivity contribution in [3.05, 3.63) is 30.1 Å².